The molecule has 4 nitrogen and oxygen atoms in total. The van der Waals surface area contributed by atoms with Gasteiger partial charge in [-0.2, -0.15) is 0 Å². The van der Waals surface area contributed by atoms with E-state index in [2.05, 4.69) is 0 Å². The number of aryl methyl sites for hydroxylation is 1. The molecule has 2 rings (SSSR count). The molecule has 18 heavy (non-hydrogen) atoms. The molecule has 1 aliphatic heterocycles. The fourth-order valence-corrected chi connectivity index (χ4v) is 1.95. The predicted octanol–water partition coefficient (Wildman–Crippen LogP) is 1.64. The Morgan fingerprint density at radius 2 is 1.72 bits per heavy atom. The lowest BCUT2D eigenvalue weighted by Gasteiger charge is -2.17. The van der Waals surface area contributed by atoms with E-state index in [1.165, 1.54) is 12.2 Å². The second-order valence-corrected chi connectivity index (χ2v) is 4.03. The third kappa shape index (κ3) is 2.37. The monoisotopic (exact) mass is 243 g/mol. The van der Waals surface area contributed by atoms with Crippen LogP contribution in [-0.2, 0) is 20.8 Å². The number of unbranched alkanes of at least 4 members (excludes halogenated alkanes) is 1. The Kier molecular flexibility index (Phi) is 3.67. The van der Waals surface area contributed by atoms with E-state index >= 15 is 0 Å². The van der Waals surface area contributed by atoms with Gasteiger partial charge >= 0.3 is 0 Å². The van der Waals surface area contributed by atoms with Gasteiger partial charge in [0.1, 0.15) is 6.29 Å². The second-order valence-electron chi connectivity index (χ2n) is 4.03. The van der Waals surface area contributed by atoms with Crippen molar-refractivity contribution < 1.29 is 14.4 Å². The maximum atomic E-state index is 11.6. The number of benzene rings is 1. The van der Waals surface area contributed by atoms with Crippen molar-refractivity contribution in [2.24, 2.45) is 0 Å². The number of carbonyl (C=O) groups is 3. The number of nitrogens with zero attached hydrogens (tertiary/aromatic N) is 1. The maximum Gasteiger partial charge on any atom is 0.258 e. The summed E-state index contributed by atoms with van der Waals surface area (Å²) in [5, 5.41) is 0. The van der Waals surface area contributed by atoms with Gasteiger partial charge in [-0.05, 0) is 24.5 Å². The zero-order valence-electron chi connectivity index (χ0n) is 9.83. The number of aldehydes is 1. The van der Waals surface area contributed by atoms with Gasteiger partial charge in [0.25, 0.3) is 11.8 Å². The number of carbonyl (C=O) groups excluding carboxylic acids is 3. The highest BCUT2D eigenvalue weighted by Gasteiger charge is 2.26. The van der Waals surface area contributed by atoms with Crippen molar-refractivity contribution in [1.82, 2.24) is 0 Å². The highest BCUT2D eigenvalue weighted by molar-refractivity contribution is 6.28. The molecule has 0 aliphatic carbocycles. The SMILES string of the molecule is O=CCCCc1ccccc1N1C(=O)C=CC1=O. The van der Waals surface area contributed by atoms with E-state index < -0.39 is 0 Å². The maximum absolute atomic E-state index is 11.6. The largest absolute Gasteiger partial charge is 0.303 e. The molecule has 1 heterocycles. The molecule has 0 radical (unpaired) electrons. The Morgan fingerprint density at radius 1 is 1.06 bits per heavy atom. The number of para-hydroxylation sites is 1. The number of hydrogen-bond acceptors (Lipinski definition) is 3. The summed E-state index contributed by atoms with van der Waals surface area (Å²) in [6.45, 7) is 0. The Morgan fingerprint density at radius 3 is 2.39 bits per heavy atom. The molecular formula is C14H13NO3. The Balaban J connectivity index is 2.24. The molecule has 0 unspecified atom stereocenters. The van der Waals surface area contributed by atoms with E-state index in [1.54, 1.807) is 12.1 Å². The van der Waals surface area contributed by atoms with E-state index in [0.717, 1.165) is 16.7 Å². The van der Waals surface area contributed by atoms with E-state index in [-0.39, 0.29) is 11.8 Å². The molecule has 0 aromatic heterocycles. The Bertz CT molecular complexity index is 502. The molecule has 0 saturated carbocycles. The Hall–Kier alpha value is -2.23. The average Bonchev–Trinajstić information content (AvgIpc) is 2.70. The van der Waals surface area contributed by atoms with E-state index in [4.69, 9.17) is 0 Å². The van der Waals surface area contributed by atoms with Crippen molar-refractivity contribution in [3.05, 3.63) is 42.0 Å². The van der Waals surface area contributed by atoms with E-state index in [0.29, 0.717) is 24.9 Å². The van der Waals surface area contributed by atoms with Crippen LogP contribution in [0.3, 0.4) is 0 Å². The summed E-state index contributed by atoms with van der Waals surface area (Å²) in [6, 6.07) is 7.27. The van der Waals surface area contributed by atoms with E-state index in [9.17, 15) is 14.4 Å². The van der Waals surface area contributed by atoms with Crippen LogP contribution in [0, 0.1) is 0 Å². The summed E-state index contributed by atoms with van der Waals surface area (Å²) in [5.74, 6) is -0.634. The summed E-state index contributed by atoms with van der Waals surface area (Å²) in [7, 11) is 0. The molecule has 0 saturated heterocycles. The Labute approximate surface area is 105 Å². The van der Waals surface area contributed by atoms with Crippen molar-refractivity contribution in [2.75, 3.05) is 4.90 Å². The smallest absolute Gasteiger partial charge is 0.258 e. The number of hydrogen-bond donors (Lipinski definition) is 0. The molecule has 92 valence electrons. The number of anilines is 1. The van der Waals surface area contributed by atoms with Gasteiger partial charge in [-0.3, -0.25) is 9.59 Å². The number of rotatable bonds is 5. The van der Waals surface area contributed by atoms with Gasteiger partial charge in [-0.1, -0.05) is 18.2 Å². The lowest BCUT2D eigenvalue weighted by Crippen LogP contribution is -2.30. The molecule has 0 fully saturated rings. The van der Waals surface area contributed by atoms with Crippen molar-refractivity contribution >= 4 is 23.8 Å². The van der Waals surface area contributed by atoms with Crippen LogP contribution < -0.4 is 4.90 Å². The highest BCUT2D eigenvalue weighted by atomic mass is 16.2. The topological polar surface area (TPSA) is 54.5 Å². The van der Waals surface area contributed by atoms with Gasteiger partial charge in [-0.25, -0.2) is 4.90 Å². The van der Waals surface area contributed by atoms with Crippen LogP contribution in [0.2, 0.25) is 0 Å². The van der Waals surface area contributed by atoms with Gasteiger partial charge < -0.3 is 4.79 Å². The third-order valence-corrected chi connectivity index (χ3v) is 2.81. The molecule has 2 amide bonds. The molecule has 4 heteroatoms. The lowest BCUT2D eigenvalue weighted by molar-refractivity contribution is -0.120. The first-order chi connectivity index (χ1) is 8.74. The van der Waals surface area contributed by atoms with Crippen LogP contribution in [0.15, 0.2) is 36.4 Å². The molecule has 1 aliphatic rings. The van der Waals surface area contributed by atoms with Crippen LogP contribution in [0.5, 0.6) is 0 Å². The molecule has 1 aromatic carbocycles. The number of imide groups is 1. The zero-order valence-corrected chi connectivity index (χ0v) is 9.83. The van der Waals surface area contributed by atoms with E-state index in [1.807, 2.05) is 12.1 Å². The van der Waals surface area contributed by atoms with Gasteiger partial charge in [0.05, 0.1) is 5.69 Å². The van der Waals surface area contributed by atoms with Crippen LogP contribution in [-0.4, -0.2) is 18.1 Å². The summed E-state index contributed by atoms with van der Waals surface area (Å²) in [5.41, 5.74) is 1.52. The fourth-order valence-electron chi connectivity index (χ4n) is 1.95. The highest BCUT2D eigenvalue weighted by Crippen LogP contribution is 2.24. The van der Waals surface area contributed by atoms with Gasteiger partial charge in [-0.15, -0.1) is 0 Å². The standard InChI is InChI=1S/C14H13NO3/c16-10-4-3-6-11-5-1-2-7-12(11)15-13(17)8-9-14(15)18/h1-2,5,7-10H,3-4,6H2. The molecule has 0 bridgehead atoms. The summed E-state index contributed by atoms with van der Waals surface area (Å²) >= 11 is 0. The van der Waals surface area contributed by atoms with Crippen molar-refractivity contribution in [1.29, 1.82) is 0 Å². The van der Waals surface area contributed by atoms with Crippen LogP contribution in [0.1, 0.15) is 18.4 Å². The van der Waals surface area contributed by atoms with Crippen LogP contribution in [0.25, 0.3) is 0 Å². The second kappa shape index (κ2) is 5.40. The van der Waals surface area contributed by atoms with Crippen LogP contribution >= 0.6 is 0 Å². The van der Waals surface area contributed by atoms with Gasteiger partial charge in [0.2, 0.25) is 0 Å². The predicted molar refractivity (Wildman–Crippen MR) is 67.1 cm³/mol. The molecule has 1 aromatic rings. The molecule has 0 atom stereocenters. The van der Waals surface area contributed by atoms with Crippen LogP contribution in [0.4, 0.5) is 5.69 Å². The third-order valence-electron chi connectivity index (χ3n) is 2.81. The molecular weight excluding hydrogens is 230 g/mol. The van der Waals surface area contributed by atoms with Crippen molar-refractivity contribution in [2.45, 2.75) is 19.3 Å². The quantitative estimate of drug-likeness (QED) is 0.449. The molecule has 0 spiro atoms. The lowest BCUT2D eigenvalue weighted by atomic mass is 10.1. The first kappa shape index (κ1) is 12.2. The molecule has 0 N–H and O–H groups in total. The minimum atomic E-state index is -0.317. The minimum Gasteiger partial charge on any atom is -0.303 e. The summed E-state index contributed by atoms with van der Waals surface area (Å²) in [4.78, 5) is 34.7. The number of amides is 2. The normalized spacial score (nSPS) is 14.3. The summed E-state index contributed by atoms with van der Waals surface area (Å²) < 4.78 is 0. The van der Waals surface area contributed by atoms with Crippen molar-refractivity contribution in [3.63, 3.8) is 0 Å². The first-order valence-corrected chi connectivity index (χ1v) is 5.81. The average molecular weight is 243 g/mol. The fraction of sp³-hybridized carbons (Fsp3) is 0.214. The summed E-state index contributed by atoms with van der Waals surface area (Å²) in [6.07, 6.45) is 5.27. The van der Waals surface area contributed by atoms with Gasteiger partial charge in [0, 0.05) is 18.6 Å². The zero-order chi connectivity index (χ0) is 13.0. The first-order valence-electron chi connectivity index (χ1n) is 5.81. The van der Waals surface area contributed by atoms with Crippen molar-refractivity contribution in [3.8, 4) is 0 Å². The van der Waals surface area contributed by atoms with Gasteiger partial charge in [0.15, 0.2) is 0 Å². The minimum absolute atomic E-state index is 0.317.